The minimum absolute atomic E-state index is 0.122. The van der Waals surface area contributed by atoms with E-state index < -0.39 is 10.0 Å². The van der Waals surface area contributed by atoms with Gasteiger partial charge in [0.05, 0.1) is 10.6 Å². The number of aliphatic hydroxyl groups excluding tert-OH is 1. The molecule has 4 nitrogen and oxygen atoms in total. The summed E-state index contributed by atoms with van der Waals surface area (Å²) in [5.41, 5.74) is 1.03. The first-order valence-electron chi connectivity index (χ1n) is 5.99. The third-order valence-corrected chi connectivity index (χ3v) is 4.19. The Morgan fingerprint density at radius 1 is 1.14 bits per heavy atom. The second kappa shape index (κ2) is 6.64. The molecule has 0 spiro atoms. The van der Waals surface area contributed by atoms with Crippen molar-refractivity contribution in [2.24, 2.45) is 0 Å². The normalized spacial score (nSPS) is 10.6. The van der Waals surface area contributed by atoms with Crippen LogP contribution in [0.25, 0.3) is 0 Å². The van der Waals surface area contributed by atoms with Crippen molar-refractivity contribution in [2.45, 2.75) is 4.90 Å². The Morgan fingerprint density at radius 3 is 2.48 bits per heavy atom. The van der Waals surface area contributed by atoms with Crippen LogP contribution < -0.4 is 4.72 Å². The number of aliphatic hydroxyl groups is 1. The van der Waals surface area contributed by atoms with Crippen LogP contribution in [0.2, 0.25) is 5.02 Å². The van der Waals surface area contributed by atoms with Crippen molar-refractivity contribution < 1.29 is 13.5 Å². The number of hydrogen-bond acceptors (Lipinski definition) is 3. The first-order valence-corrected chi connectivity index (χ1v) is 7.85. The van der Waals surface area contributed by atoms with Gasteiger partial charge in [-0.25, -0.2) is 8.42 Å². The third-order valence-electron chi connectivity index (χ3n) is 2.55. The molecule has 2 rings (SSSR count). The van der Waals surface area contributed by atoms with Crippen LogP contribution in [0.3, 0.4) is 0 Å². The Balaban J connectivity index is 2.23. The average Bonchev–Trinajstić information content (AvgIpc) is 2.45. The number of rotatable bonds is 3. The van der Waals surface area contributed by atoms with Crippen molar-refractivity contribution >= 4 is 27.3 Å². The second-order valence-corrected chi connectivity index (χ2v) is 6.22. The molecular weight excluding hydrogens is 310 g/mol. The SMILES string of the molecule is O=S(=O)(Nc1cccc(Cl)c1)c1ccc(C#CCO)cc1. The smallest absolute Gasteiger partial charge is 0.261 e. The summed E-state index contributed by atoms with van der Waals surface area (Å²) >= 11 is 5.82. The van der Waals surface area contributed by atoms with E-state index in [0.717, 1.165) is 0 Å². The Labute approximate surface area is 128 Å². The Hall–Kier alpha value is -2.00. The zero-order valence-electron chi connectivity index (χ0n) is 10.9. The van der Waals surface area contributed by atoms with E-state index in [2.05, 4.69) is 16.6 Å². The molecular formula is C15H12ClNO3S. The molecule has 0 aliphatic carbocycles. The Bertz CT molecular complexity index is 790. The predicted octanol–water partition coefficient (Wildman–Crippen LogP) is 2.48. The van der Waals surface area contributed by atoms with Crippen molar-refractivity contribution in [1.82, 2.24) is 0 Å². The van der Waals surface area contributed by atoms with Crippen LogP contribution in [0.4, 0.5) is 5.69 Å². The van der Waals surface area contributed by atoms with E-state index in [-0.39, 0.29) is 11.5 Å². The molecule has 0 aliphatic rings. The van der Waals surface area contributed by atoms with Gasteiger partial charge in [-0.2, -0.15) is 0 Å². The van der Waals surface area contributed by atoms with Gasteiger partial charge in [0, 0.05) is 10.6 Å². The summed E-state index contributed by atoms with van der Waals surface area (Å²) in [4.78, 5) is 0.122. The van der Waals surface area contributed by atoms with E-state index in [1.165, 1.54) is 18.2 Å². The highest BCUT2D eigenvalue weighted by atomic mass is 35.5. The molecule has 0 fully saturated rings. The highest BCUT2D eigenvalue weighted by Gasteiger charge is 2.13. The number of benzene rings is 2. The predicted molar refractivity (Wildman–Crippen MR) is 82.7 cm³/mol. The molecule has 0 radical (unpaired) electrons. The summed E-state index contributed by atoms with van der Waals surface area (Å²) in [6, 6.07) is 12.5. The van der Waals surface area contributed by atoms with Crippen LogP contribution >= 0.6 is 11.6 Å². The topological polar surface area (TPSA) is 66.4 Å². The van der Waals surface area contributed by atoms with E-state index in [1.54, 1.807) is 30.3 Å². The van der Waals surface area contributed by atoms with Gasteiger partial charge in [0.15, 0.2) is 0 Å². The maximum atomic E-state index is 12.2. The maximum absolute atomic E-state index is 12.2. The summed E-state index contributed by atoms with van der Waals surface area (Å²) in [7, 11) is -3.67. The molecule has 0 amide bonds. The third kappa shape index (κ3) is 4.23. The molecule has 0 saturated heterocycles. The van der Waals surface area contributed by atoms with Crippen LogP contribution in [0, 0.1) is 11.8 Å². The summed E-state index contributed by atoms with van der Waals surface area (Å²) in [5, 5.41) is 9.06. The largest absolute Gasteiger partial charge is 0.384 e. The minimum atomic E-state index is -3.67. The molecule has 6 heteroatoms. The number of hydrogen-bond donors (Lipinski definition) is 2. The molecule has 0 saturated carbocycles. The quantitative estimate of drug-likeness (QED) is 0.854. The molecule has 108 valence electrons. The number of nitrogens with one attached hydrogen (secondary N) is 1. The fraction of sp³-hybridized carbons (Fsp3) is 0.0667. The molecule has 2 aromatic carbocycles. The van der Waals surface area contributed by atoms with Crippen molar-refractivity contribution in [3.8, 4) is 11.8 Å². The highest BCUT2D eigenvalue weighted by molar-refractivity contribution is 7.92. The molecule has 0 unspecified atom stereocenters. The van der Waals surface area contributed by atoms with Crippen LogP contribution in [-0.4, -0.2) is 20.1 Å². The first-order chi connectivity index (χ1) is 10.0. The van der Waals surface area contributed by atoms with Gasteiger partial charge in [0.25, 0.3) is 10.0 Å². The van der Waals surface area contributed by atoms with Gasteiger partial charge >= 0.3 is 0 Å². The summed E-state index contributed by atoms with van der Waals surface area (Å²) in [6.45, 7) is -0.240. The maximum Gasteiger partial charge on any atom is 0.261 e. The highest BCUT2D eigenvalue weighted by Crippen LogP contribution is 2.19. The number of halogens is 1. The molecule has 0 atom stereocenters. The zero-order chi connectivity index (χ0) is 15.3. The lowest BCUT2D eigenvalue weighted by Crippen LogP contribution is -2.12. The summed E-state index contributed by atoms with van der Waals surface area (Å²) in [6.07, 6.45) is 0. The fourth-order valence-corrected chi connectivity index (χ4v) is 2.86. The molecule has 21 heavy (non-hydrogen) atoms. The van der Waals surface area contributed by atoms with Gasteiger partial charge in [-0.15, -0.1) is 0 Å². The van der Waals surface area contributed by atoms with Crippen molar-refractivity contribution in [3.05, 3.63) is 59.1 Å². The standard InChI is InChI=1S/C15H12ClNO3S/c16-13-4-1-5-14(11-13)17-21(19,20)15-8-6-12(7-9-15)3-2-10-18/h1,4-9,11,17-18H,10H2. The summed E-state index contributed by atoms with van der Waals surface area (Å²) < 4.78 is 26.9. The van der Waals surface area contributed by atoms with Gasteiger partial charge in [0.1, 0.15) is 6.61 Å². The van der Waals surface area contributed by atoms with E-state index in [0.29, 0.717) is 16.3 Å². The summed E-state index contributed by atoms with van der Waals surface area (Å²) in [5.74, 6) is 5.19. The molecule has 0 aromatic heterocycles. The van der Waals surface area contributed by atoms with Crippen LogP contribution in [0.5, 0.6) is 0 Å². The van der Waals surface area contributed by atoms with Crippen LogP contribution in [0.1, 0.15) is 5.56 Å². The number of anilines is 1. The minimum Gasteiger partial charge on any atom is -0.384 e. The van der Waals surface area contributed by atoms with E-state index in [1.807, 2.05) is 0 Å². The number of sulfonamides is 1. The lowest BCUT2D eigenvalue weighted by atomic mass is 10.2. The van der Waals surface area contributed by atoms with Gasteiger partial charge in [-0.1, -0.05) is 29.5 Å². The van der Waals surface area contributed by atoms with Crippen LogP contribution in [0.15, 0.2) is 53.4 Å². The Kier molecular flexibility index (Phi) is 4.86. The fourth-order valence-electron chi connectivity index (χ4n) is 1.63. The molecule has 0 bridgehead atoms. The second-order valence-electron chi connectivity index (χ2n) is 4.10. The first kappa shape index (κ1) is 15.4. The average molecular weight is 322 g/mol. The lowest BCUT2D eigenvalue weighted by Gasteiger charge is -2.08. The van der Waals surface area contributed by atoms with Gasteiger partial charge < -0.3 is 5.11 Å². The van der Waals surface area contributed by atoms with Crippen LogP contribution in [-0.2, 0) is 10.0 Å². The van der Waals surface area contributed by atoms with Crippen molar-refractivity contribution in [3.63, 3.8) is 0 Å². The lowest BCUT2D eigenvalue weighted by molar-refractivity contribution is 0.350. The zero-order valence-corrected chi connectivity index (χ0v) is 12.4. The monoisotopic (exact) mass is 321 g/mol. The van der Waals surface area contributed by atoms with E-state index >= 15 is 0 Å². The van der Waals surface area contributed by atoms with Gasteiger partial charge in [-0.05, 0) is 42.5 Å². The molecule has 0 heterocycles. The van der Waals surface area contributed by atoms with E-state index in [4.69, 9.17) is 16.7 Å². The Morgan fingerprint density at radius 2 is 1.86 bits per heavy atom. The van der Waals surface area contributed by atoms with Gasteiger partial charge in [-0.3, -0.25) is 4.72 Å². The van der Waals surface area contributed by atoms with Gasteiger partial charge in [0.2, 0.25) is 0 Å². The molecule has 2 N–H and O–H groups in total. The molecule has 2 aromatic rings. The molecule has 0 aliphatic heterocycles. The van der Waals surface area contributed by atoms with Crippen molar-refractivity contribution in [2.75, 3.05) is 11.3 Å². The van der Waals surface area contributed by atoms with Crippen molar-refractivity contribution in [1.29, 1.82) is 0 Å². The van der Waals surface area contributed by atoms with E-state index in [9.17, 15) is 8.42 Å².